The lowest BCUT2D eigenvalue weighted by Crippen LogP contribution is -2.19. The summed E-state index contributed by atoms with van der Waals surface area (Å²) in [7, 11) is 0. The lowest BCUT2D eigenvalue weighted by atomic mass is 9.98. The highest BCUT2D eigenvalue weighted by Crippen LogP contribution is 2.23. The highest BCUT2D eigenvalue weighted by molar-refractivity contribution is 6.30. The standard InChI is InChI=1S/C20H22ClN.C19H22N2/c21-20-10-8-17(9-11-20)16-19(18-6-2-1-3-7-18)12-15-22-13-4-5-14-22;1-16-7-9-17(10-8-16)18(19-6-2-3-12-20-19)11-15-21-13-4-5-14-21/h1-3,6-12H,4-5,13-16H2;2-3,6-12H,4-5,13-15H2,1H3/b19-12+;18-11+. The molecule has 222 valence electrons. The van der Waals surface area contributed by atoms with Crippen molar-refractivity contribution >= 4 is 22.7 Å². The van der Waals surface area contributed by atoms with Crippen molar-refractivity contribution in [1.82, 2.24) is 14.8 Å². The van der Waals surface area contributed by atoms with E-state index in [1.807, 2.05) is 24.4 Å². The average Bonchev–Trinajstić information content (AvgIpc) is 3.78. The van der Waals surface area contributed by atoms with Crippen LogP contribution in [0.5, 0.6) is 0 Å². The molecule has 3 nitrogen and oxygen atoms in total. The van der Waals surface area contributed by atoms with Crippen LogP contribution in [-0.2, 0) is 6.42 Å². The molecular formula is C39H44ClN3. The minimum atomic E-state index is 0.797. The number of allylic oxidation sites excluding steroid dienone is 1. The topological polar surface area (TPSA) is 19.4 Å². The number of aryl methyl sites for hydroxylation is 1. The van der Waals surface area contributed by atoms with E-state index in [9.17, 15) is 0 Å². The van der Waals surface area contributed by atoms with Crippen LogP contribution in [-0.4, -0.2) is 54.1 Å². The van der Waals surface area contributed by atoms with Gasteiger partial charge in [0.15, 0.2) is 0 Å². The first kappa shape index (κ1) is 30.9. The molecule has 2 aliphatic rings. The molecule has 0 unspecified atom stereocenters. The molecule has 0 amide bonds. The molecule has 4 heteroatoms. The van der Waals surface area contributed by atoms with E-state index in [2.05, 4.69) is 113 Å². The Hall–Kier alpha value is -3.50. The molecule has 6 rings (SSSR count). The highest BCUT2D eigenvalue weighted by atomic mass is 35.5. The molecule has 43 heavy (non-hydrogen) atoms. The number of pyridine rings is 1. The van der Waals surface area contributed by atoms with E-state index in [-0.39, 0.29) is 0 Å². The van der Waals surface area contributed by atoms with Gasteiger partial charge < -0.3 is 0 Å². The molecule has 0 atom stereocenters. The van der Waals surface area contributed by atoms with Crippen LogP contribution in [0.4, 0.5) is 0 Å². The Morgan fingerprint density at radius 3 is 1.88 bits per heavy atom. The Balaban J connectivity index is 0.000000171. The second kappa shape index (κ2) is 16.4. The van der Waals surface area contributed by atoms with E-state index in [4.69, 9.17) is 11.6 Å². The zero-order valence-corrected chi connectivity index (χ0v) is 26.2. The molecule has 2 saturated heterocycles. The average molecular weight is 590 g/mol. The third kappa shape index (κ3) is 9.76. The van der Waals surface area contributed by atoms with Gasteiger partial charge >= 0.3 is 0 Å². The molecular weight excluding hydrogens is 546 g/mol. The van der Waals surface area contributed by atoms with E-state index in [1.165, 1.54) is 85.3 Å². The number of halogens is 1. The molecule has 0 radical (unpaired) electrons. The molecule has 4 aromatic rings. The predicted molar refractivity (Wildman–Crippen MR) is 183 cm³/mol. The summed E-state index contributed by atoms with van der Waals surface area (Å²) in [5.41, 5.74) is 8.85. The summed E-state index contributed by atoms with van der Waals surface area (Å²) in [6.07, 6.45) is 12.9. The first-order chi connectivity index (χ1) is 21.1. The smallest absolute Gasteiger partial charge is 0.0705 e. The molecule has 3 aromatic carbocycles. The van der Waals surface area contributed by atoms with E-state index < -0.39 is 0 Å². The van der Waals surface area contributed by atoms with Gasteiger partial charge in [-0.2, -0.15) is 0 Å². The Morgan fingerprint density at radius 1 is 0.674 bits per heavy atom. The van der Waals surface area contributed by atoms with Crippen molar-refractivity contribution in [2.75, 3.05) is 39.3 Å². The fraction of sp³-hybridized carbons (Fsp3) is 0.308. The SMILES string of the molecule is Cc1ccc(/C(=C\CN2CCCC2)c2ccccn2)cc1.Clc1ccc(C/C(=C\CN2CCCC2)c2ccccc2)cc1. The van der Waals surface area contributed by atoms with E-state index in [1.54, 1.807) is 0 Å². The van der Waals surface area contributed by atoms with Crippen molar-refractivity contribution < 1.29 is 0 Å². The Bertz CT molecular complexity index is 1430. The maximum atomic E-state index is 5.99. The van der Waals surface area contributed by atoms with Crippen LogP contribution in [0.3, 0.4) is 0 Å². The van der Waals surface area contributed by atoms with Gasteiger partial charge in [0, 0.05) is 29.9 Å². The summed E-state index contributed by atoms with van der Waals surface area (Å²) in [4.78, 5) is 9.58. The van der Waals surface area contributed by atoms with Gasteiger partial charge in [0.05, 0.1) is 5.69 Å². The molecule has 0 saturated carbocycles. The highest BCUT2D eigenvalue weighted by Gasteiger charge is 2.13. The molecule has 0 aliphatic carbocycles. The third-order valence-electron chi connectivity index (χ3n) is 8.30. The number of rotatable bonds is 9. The largest absolute Gasteiger partial charge is 0.300 e. The van der Waals surface area contributed by atoms with Crippen LogP contribution in [0.1, 0.15) is 53.6 Å². The minimum Gasteiger partial charge on any atom is -0.300 e. The second-order valence-electron chi connectivity index (χ2n) is 11.6. The van der Waals surface area contributed by atoms with Gasteiger partial charge in [-0.3, -0.25) is 14.8 Å². The summed E-state index contributed by atoms with van der Waals surface area (Å²) in [5.74, 6) is 0. The third-order valence-corrected chi connectivity index (χ3v) is 8.55. The molecule has 0 bridgehead atoms. The predicted octanol–water partition coefficient (Wildman–Crippen LogP) is 8.98. The summed E-state index contributed by atoms with van der Waals surface area (Å²) in [6.45, 7) is 9.11. The summed E-state index contributed by atoms with van der Waals surface area (Å²) in [5, 5.41) is 0.797. The van der Waals surface area contributed by atoms with Gasteiger partial charge in [0.2, 0.25) is 0 Å². The molecule has 3 heterocycles. The van der Waals surface area contributed by atoms with Crippen molar-refractivity contribution in [3.63, 3.8) is 0 Å². The number of aromatic nitrogens is 1. The van der Waals surface area contributed by atoms with Crippen LogP contribution < -0.4 is 0 Å². The van der Waals surface area contributed by atoms with Gasteiger partial charge in [-0.1, -0.05) is 102 Å². The van der Waals surface area contributed by atoms with E-state index >= 15 is 0 Å². The fourth-order valence-corrected chi connectivity index (χ4v) is 5.91. The van der Waals surface area contributed by atoms with Gasteiger partial charge in [-0.25, -0.2) is 0 Å². The number of likely N-dealkylation sites (tertiary alicyclic amines) is 2. The van der Waals surface area contributed by atoms with Gasteiger partial charge in [0.1, 0.15) is 0 Å². The number of nitrogens with zero attached hydrogens (tertiary/aromatic N) is 3. The Kier molecular flexibility index (Phi) is 11.8. The van der Waals surface area contributed by atoms with Crippen molar-refractivity contribution in [3.05, 3.63) is 148 Å². The van der Waals surface area contributed by atoms with Gasteiger partial charge in [0.25, 0.3) is 0 Å². The summed E-state index contributed by atoms with van der Waals surface area (Å²) < 4.78 is 0. The second-order valence-corrected chi connectivity index (χ2v) is 12.0. The summed E-state index contributed by atoms with van der Waals surface area (Å²) in [6, 6.07) is 33.7. The minimum absolute atomic E-state index is 0.797. The zero-order valence-electron chi connectivity index (χ0n) is 25.5. The monoisotopic (exact) mass is 589 g/mol. The number of hydrogen-bond donors (Lipinski definition) is 0. The van der Waals surface area contributed by atoms with E-state index in [0.717, 1.165) is 30.2 Å². The first-order valence-electron chi connectivity index (χ1n) is 15.8. The maximum absolute atomic E-state index is 5.99. The van der Waals surface area contributed by atoms with Crippen LogP contribution in [0.15, 0.2) is 115 Å². The van der Waals surface area contributed by atoms with Crippen molar-refractivity contribution in [3.8, 4) is 0 Å². The lowest BCUT2D eigenvalue weighted by Gasteiger charge is -2.14. The molecule has 0 spiro atoms. The van der Waals surface area contributed by atoms with Crippen LogP contribution in [0.2, 0.25) is 5.02 Å². The van der Waals surface area contributed by atoms with Crippen molar-refractivity contribution in [2.24, 2.45) is 0 Å². The lowest BCUT2D eigenvalue weighted by molar-refractivity contribution is 0.377. The van der Waals surface area contributed by atoms with E-state index in [0.29, 0.717) is 0 Å². The number of hydrogen-bond acceptors (Lipinski definition) is 3. The van der Waals surface area contributed by atoms with Gasteiger partial charge in [-0.05, 0) is 112 Å². The molecule has 0 N–H and O–H groups in total. The molecule has 1 aromatic heterocycles. The quantitative estimate of drug-likeness (QED) is 0.194. The van der Waals surface area contributed by atoms with Crippen molar-refractivity contribution in [2.45, 2.75) is 39.0 Å². The van der Waals surface area contributed by atoms with Crippen LogP contribution in [0, 0.1) is 6.92 Å². The Morgan fingerprint density at radius 2 is 1.28 bits per heavy atom. The molecule has 2 aliphatic heterocycles. The van der Waals surface area contributed by atoms with Crippen LogP contribution >= 0.6 is 11.6 Å². The molecule has 2 fully saturated rings. The number of benzene rings is 3. The zero-order chi connectivity index (χ0) is 29.7. The normalized spacial score (nSPS) is 16.2. The Labute approximate surface area is 263 Å². The van der Waals surface area contributed by atoms with Gasteiger partial charge in [-0.15, -0.1) is 0 Å². The first-order valence-corrected chi connectivity index (χ1v) is 16.1. The van der Waals surface area contributed by atoms with Crippen LogP contribution in [0.25, 0.3) is 11.1 Å². The fourth-order valence-electron chi connectivity index (χ4n) is 5.78. The summed E-state index contributed by atoms with van der Waals surface area (Å²) >= 11 is 5.99. The van der Waals surface area contributed by atoms with Crippen molar-refractivity contribution in [1.29, 1.82) is 0 Å². The maximum Gasteiger partial charge on any atom is 0.0705 e.